The van der Waals surface area contributed by atoms with E-state index in [0.717, 1.165) is 16.8 Å². The van der Waals surface area contributed by atoms with Gasteiger partial charge in [-0.05, 0) is 38.8 Å². The van der Waals surface area contributed by atoms with Gasteiger partial charge in [-0.3, -0.25) is 10.0 Å². The highest BCUT2D eigenvalue weighted by molar-refractivity contribution is 7.62. The second kappa shape index (κ2) is 10.4. The lowest BCUT2D eigenvalue weighted by molar-refractivity contribution is -0.162. The van der Waals surface area contributed by atoms with Crippen molar-refractivity contribution in [3.63, 3.8) is 0 Å². The van der Waals surface area contributed by atoms with E-state index in [0.29, 0.717) is 5.06 Å². The van der Waals surface area contributed by atoms with Gasteiger partial charge in [-0.25, -0.2) is 5.06 Å². The summed E-state index contributed by atoms with van der Waals surface area (Å²) in [5, 5.41) is 16.1. The van der Waals surface area contributed by atoms with Crippen molar-refractivity contribution in [2.75, 3.05) is 38.1 Å². The summed E-state index contributed by atoms with van der Waals surface area (Å²) in [6.45, 7) is 11.2. The van der Waals surface area contributed by atoms with Gasteiger partial charge in [-0.2, -0.15) is 0 Å². The Labute approximate surface area is 139 Å². The van der Waals surface area contributed by atoms with Gasteiger partial charge in [0.1, 0.15) is 6.67 Å². The molecule has 0 saturated heterocycles. The van der Waals surface area contributed by atoms with E-state index in [9.17, 15) is 14.6 Å². The molecule has 132 valence electrons. The fourth-order valence-corrected chi connectivity index (χ4v) is 2.43. The molecule has 1 amide bonds. The molecular weight excluding hydrogens is 313 g/mol. The Morgan fingerprint density at radius 1 is 1.26 bits per heavy atom. The van der Waals surface area contributed by atoms with Crippen LogP contribution in [0.5, 0.6) is 0 Å². The van der Waals surface area contributed by atoms with E-state index < -0.39 is 13.0 Å². The summed E-state index contributed by atoms with van der Waals surface area (Å²) in [5.41, 5.74) is 3.07. The third kappa shape index (κ3) is 9.39. The van der Waals surface area contributed by atoms with Crippen LogP contribution in [0.1, 0.15) is 25.0 Å². The molecule has 0 heterocycles. The number of hydrogen-bond donors (Lipinski definition) is 3. The normalized spacial score (nSPS) is 10.6. The van der Waals surface area contributed by atoms with Gasteiger partial charge >= 0.3 is 0 Å². The molecule has 0 aliphatic carbocycles. The molecule has 7 heteroatoms. The molecule has 0 fully saturated rings. The van der Waals surface area contributed by atoms with Crippen molar-refractivity contribution in [1.29, 1.82) is 0 Å². The van der Waals surface area contributed by atoms with Crippen LogP contribution in [0, 0.1) is 13.8 Å². The van der Waals surface area contributed by atoms with E-state index >= 15 is 0 Å². The van der Waals surface area contributed by atoms with Crippen molar-refractivity contribution in [1.82, 2.24) is 10.4 Å². The van der Waals surface area contributed by atoms with Crippen LogP contribution in [0.2, 0.25) is 0 Å². The third-order valence-electron chi connectivity index (χ3n) is 2.86. The van der Waals surface area contributed by atoms with E-state index in [2.05, 4.69) is 10.6 Å². The minimum atomic E-state index is -2.21. The summed E-state index contributed by atoms with van der Waals surface area (Å²) in [6.07, 6.45) is 0.275. The first-order valence-corrected chi connectivity index (χ1v) is 10.5. The van der Waals surface area contributed by atoms with Gasteiger partial charge in [0.25, 0.3) is 5.91 Å². The maximum Gasteiger partial charge on any atom is 0.261 e. The monoisotopic (exact) mass is 343 g/mol. The maximum atomic E-state index is 11.7. The van der Waals surface area contributed by atoms with Crippen molar-refractivity contribution in [2.45, 2.75) is 27.7 Å². The number of nitrogens with zero attached hydrogens (tertiary/aromatic N) is 1. The number of amides is 1. The Balaban J connectivity index is 0.00000232. The zero-order valence-corrected chi connectivity index (χ0v) is 15.9. The average molecular weight is 343 g/mol. The second-order valence-electron chi connectivity index (χ2n) is 5.61. The zero-order chi connectivity index (χ0) is 18.0. The molecule has 0 aliphatic heterocycles. The number of rotatable bonds is 7. The number of hydrogen-bond acceptors (Lipinski definition) is 5. The highest BCUT2D eigenvalue weighted by Gasteiger charge is 2.12. The highest BCUT2D eigenvalue weighted by Crippen LogP contribution is 2.33. The van der Waals surface area contributed by atoms with Gasteiger partial charge in [0.05, 0.1) is 13.7 Å². The minimum absolute atomic E-state index is 0.000322. The van der Waals surface area contributed by atoms with Crippen molar-refractivity contribution >= 4 is 18.7 Å². The fraction of sp³-hybridized carbons (Fsp3) is 0.562. The SMILES string of the molecule is CC.Cc1ccc(NCN(O)C(=O)CNCP(C)(C)=O)c(C)c1. The molecule has 3 N–H and O–H groups in total. The average Bonchev–Trinajstić information content (AvgIpc) is 2.46. The first kappa shape index (κ1) is 21.6. The van der Waals surface area contributed by atoms with E-state index in [4.69, 9.17) is 0 Å². The van der Waals surface area contributed by atoms with E-state index in [1.54, 1.807) is 13.3 Å². The molecule has 0 aliphatic rings. The van der Waals surface area contributed by atoms with E-state index in [1.807, 2.05) is 45.9 Å². The fourth-order valence-electron chi connectivity index (χ4n) is 1.78. The summed E-state index contributed by atoms with van der Waals surface area (Å²) in [4.78, 5) is 11.7. The van der Waals surface area contributed by atoms with Gasteiger partial charge in [0, 0.05) is 12.0 Å². The van der Waals surface area contributed by atoms with Crippen LogP contribution < -0.4 is 10.6 Å². The van der Waals surface area contributed by atoms with Crippen LogP contribution in [-0.2, 0) is 9.36 Å². The number of hydroxylamine groups is 2. The third-order valence-corrected chi connectivity index (χ3v) is 3.84. The number of benzene rings is 1. The Kier molecular flexibility index (Phi) is 9.80. The van der Waals surface area contributed by atoms with Crippen molar-refractivity contribution < 1.29 is 14.6 Å². The molecule has 1 rings (SSSR count). The van der Waals surface area contributed by atoms with Crippen LogP contribution in [-0.4, -0.2) is 49.0 Å². The standard InChI is InChI=1S/C14H24N3O3P.C2H6/c1-11-5-6-13(12(2)7-11)16-9-17(19)14(18)8-15-10-21(3,4)20;1-2/h5-7,15-16,19H,8-10H2,1-4H3;1-2H3. The number of carbonyl (C=O) groups is 1. The number of anilines is 1. The molecule has 1 aromatic carbocycles. The van der Waals surface area contributed by atoms with Gasteiger partial charge < -0.3 is 15.2 Å². The highest BCUT2D eigenvalue weighted by atomic mass is 31.2. The molecule has 0 radical (unpaired) electrons. The summed E-state index contributed by atoms with van der Waals surface area (Å²) >= 11 is 0. The van der Waals surface area contributed by atoms with E-state index in [1.165, 1.54) is 0 Å². The molecule has 0 aromatic heterocycles. The number of carbonyl (C=O) groups excluding carboxylic acids is 1. The van der Waals surface area contributed by atoms with E-state index in [-0.39, 0.29) is 19.5 Å². The first-order valence-electron chi connectivity index (χ1n) is 7.74. The maximum absolute atomic E-state index is 11.7. The molecule has 0 atom stereocenters. The number of nitrogens with one attached hydrogen (secondary N) is 2. The predicted molar refractivity (Wildman–Crippen MR) is 96.7 cm³/mol. The summed E-state index contributed by atoms with van der Waals surface area (Å²) in [6, 6.07) is 5.89. The lowest BCUT2D eigenvalue weighted by atomic mass is 10.1. The van der Waals surface area contributed by atoms with Gasteiger partial charge in [0.15, 0.2) is 0 Å². The molecule has 6 nitrogen and oxygen atoms in total. The van der Waals surface area contributed by atoms with Crippen molar-refractivity contribution in [2.24, 2.45) is 0 Å². The molecule has 0 unspecified atom stereocenters. The predicted octanol–water partition coefficient (Wildman–Crippen LogP) is 3.09. The first-order chi connectivity index (χ1) is 10.7. The second-order valence-corrected chi connectivity index (χ2v) is 9.07. The van der Waals surface area contributed by atoms with Crippen LogP contribution in [0.15, 0.2) is 18.2 Å². The van der Waals surface area contributed by atoms with Crippen LogP contribution >= 0.6 is 7.14 Å². The summed E-state index contributed by atoms with van der Waals surface area (Å²) < 4.78 is 11.5. The van der Waals surface area contributed by atoms with Crippen LogP contribution in [0.25, 0.3) is 0 Å². The zero-order valence-electron chi connectivity index (χ0n) is 15.0. The van der Waals surface area contributed by atoms with Crippen molar-refractivity contribution in [3.8, 4) is 0 Å². The largest absolute Gasteiger partial charge is 0.366 e. The summed E-state index contributed by atoms with van der Waals surface area (Å²) in [7, 11) is -2.21. The van der Waals surface area contributed by atoms with Gasteiger partial charge in [-0.1, -0.05) is 31.5 Å². The number of aryl methyl sites for hydroxylation is 2. The minimum Gasteiger partial charge on any atom is -0.366 e. The lowest BCUT2D eigenvalue weighted by Gasteiger charge is -2.18. The quantitative estimate of drug-likeness (QED) is 0.307. The molecule has 0 bridgehead atoms. The Morgan fingerprint density at radius 3 is 2.39 bits per heavy atom. The molecule has 1 aromatic rings. The van der Waals surface area contributed by atoms with Gasteiger partial charge in [0.2, 0.25) is 0 Å². The summed E-state index contributed by atoms with van der Waals surface area (Å²) in [5.74, 6) is -0.472. The smallest absolute Gasteiger partial charge is 0.261 e. The Hall–Kier alpha value is -1.36. The van der Waals surface area contributed by atoms with Gasteiger partial charge in [-0.15, -0.1) is 0 Å². The molecule has 23 heavy (non-hydrogen) atoms. The molecule has 0 saturated carbocycles. The Morgan fingerprint density at radius 2 is 1.87 bits per heavy atom. The molecule has 0 spiro atoms. The molecular formula is C16H30N3O3P. The van der Waals surface area contributed by atoms with Crippen LogP contribution in [0.3, 0.4) is 0 Å². The lowest BCUT2D eigenvalue weighted by Crippen LogP contribution is -2.39. The van der Waals surface area contributed by atoms with Crippen molar-refractivity contribution in [3.05, 3.63) is 29.3 Å². The Bertz CT molecular complexity index is 543. The topological polar surface area (TPSA) is 81.7 Å². The van der Waals surface area contributed by atoms with Crippen LogP contribution in [0.4, 0.5) is 5.69 Å².